The maximum absolute atomic E-state index is 12.0. The first-order valence-corrected chi connectivity index (χ1v) is 9.80. The Morgan fingerprint density at radius 1 is 0.926 bits per heavy atom. The fourth-order valence-electron chi connectivity index (χ4n) is 3.37. The Morgan fingerprint density at radius 3 is 2.19 bits per heavy atom. The van der Waals surface area contributed by atoms with Gasteiger partial charge in [-0.15, -0.1) is 0 Å². The monoisotopic (exact) mass is 382 g/mol. The maximum Gasteiger partial charge on any atom is 0.312 e. The van der Waals surface area contributed by atoms with Crippen molar-refractivity contribution in [2.45, 2.75) is 6.42 Å². The van der Waals surface area contributed by atoms with Gasteiger partial charge in [0.1, 0.15) is 5.75 Å². The zero-order valence-electron chi connectivity index (χ0n) is 14.0. The average Bonchev–Trinajstić information content (AvgIpc) is 2.65. The third-order valence-corrected chi connectivity index (χ3v) is 5.29. The minimum Gasteiger partial charge on any atom is -0.426 e. The number of aldehydes is 1. The van der Waals surface area contributed by atoms with E-state index in [1.807, 2.05) is 30.3 Å². The van der Waals surface area contributed by atoms with E-state index in [9.17, 15) is 18.0 Å². The number of benzene rings is 4. The van der Waals surface area contributed by atoms with E-state index in [-0.39, 0.29) is 0 Å². The van der Waals surface area contributed by atoms with Crippen molar-refractivity contribution in [3.8, 4) is 5.75 Å². The van der Waals surface area contributed by atoms with Crippen LogP contribution >= 0.6 is 0 Å². The topological polar surface area (TPSA) is 97.7 Å². The molecule has 4 rings (SSSR count). The Bertz CT molecular complexity index is 1310. The molecule has 0 amide bonds. The molecule has 27 heavy (non-hydrogen) atoms. The van der Waals surface area contributed by atoms with Crippen molar-refractivity contribution in [1.82, 2.24) is 0 Å². The standard InChI is InChI=1S/C20H14O6S/c21-11-14-2-1-12-4-7-16-17(26-18(22)9-10-27(23,24)25)8-5-13-3-6-15(14)19(12)20(13)16/h1-8,11H,9-10H2,(H,23,24,25). The smallest absolute Gasteiger partial charge is 0.312 e. The summed E-state index contributed by atoms with van der Waals surface area (Å²) in [6, 6.07) is 14.6. The highest BCUT2D eigenvalue weighted by atomic mass is 32.2. The molecule has 136 valence electrons. The van der Waals surface area contributed by atoms with Gasteiger partial charge in [0.05, 0.1) is 12.2 Å². The molecule has 4 aromatic carbocycles. The van der Waals surface area contributed by atoms with Crippen molar-refractivity contribution >= 4 is 54.7 Å². The Balaban J connectivity index is 1.86. The number of hydrogen-bond acceptors (Lipinski definition) is 5. The summed E-state index contributed by atoms with van der Waals surface area (Å²) in [6.07, 6.45) is 0.359. The van der Waals surface area contributed by atoms with E-state index >= 15 is 0 Å². The molecule has 0 saturated heterocycles. The van der Waals surface area contributed by atoms with E-state index in [0.717, 1.165) is 33.2 Å². The molecule has 0 fully saturated rings. The predicted molar refractivity (Wildman–Crippen MR) is 102 cm³/mol. The van der Waals surface area contributed by atoms with Crippen LogP contribution in [-0.4, -0.2) is 31.0 Å². The van der Waals surface area contributed by atoms with Crippen molar-refractivity contribution < 1.29 is 27.3 Å². The molecule has 0 aliphatic heterocycles. The van der Waals surface area contributed by atoms with Gasteiger partial charge < -0.3 is 4.74 Å². The quantitative estimate of drug-likeness (QED) is 0.186. The van der Waals surface area contributed by atoms with Gasteiger partial charge in [0.25, 0.3) is 10.1 Å². The molecule has 0 heterocycles. The number of rotatable bonds is 5. The third kappa shape index (κ3) is 3.11. The summed E-state index contributed by atoms with van der Waals surface area (Å²) in [5.41, 5.74) is 0.576. The molecule has 0 spiro atoms. The molecule has 4 aromatic rings. The largest absolute Gasteiger partial charge is 0.426 e. The summed E-state index contributed by atoms with van der Waals surface area (Å²) in [4.78, 5) is 23.4. The van der Waals surface area contributed by atoms with Crippen molar-refractivity contribution in [3.05, 3.63) is 54.1 Å². The highest BCUT2D eigenvalue weighted by Crippen LogP contribution is 2.39. The van der Waals surface area contributed by atoms with Gasteiger partial charge in [-0.1, -0.05) is 36.4 Å². The van der Waals surface area contributed by atoms with Gasteiger partial charge in [0.15, 0.2) is 6.29 Å². The molecule has 1 N–H and O–H groups in total. The summed E-state index contributed by atoms with van der Waals surface area (Å²) in [6.45, 7) is 0. The lowest BCUT2D eigenvalue weighted by Gasteiger charge is -2.14. The normalized spacial score (nSPS) is 12.0. The zero-order chi connectivity index (χ0) is 19.2. The Labute approximate surface area is 154 Å². The Hall–Kier alpha value is -3.03. The second-order valence-corrected chi connectivity index (χ2v) is 7.84. The first kappa shape index (κ1) is 17.4. The van der Waals surface area contributed by atoms with Crippen LogP contribution in [0, 0.1) is 0 Å². The molecule has 7 heteroatoms. The molecule has 0 radical (unpaired) electrons. The fraction of sp³-hybridized carbons (Fsp3) is 0.100. The van der Waals surface area contributed by atoms with E-state index < -0.39 is 28.3 Å². The summed E-state index contributed by atoms with van der Waals surface area (Å²) in [7, 11) is -4.24. The number of ether oxygens (including phenoxy) is 1. The molecule has 0 atom stereocenters. The lowest BCUT2D eigenvalue weighted by Crippen LogP contribution is -2.14. The van der Waals surface area contributed by atoms with Crippen molar-refractivity contribution in [2.24, 2.45) is 0 Å². The summed E-state index contributed by atoms with van der Waals surface area (Å²) < 4.78 is 35.7. The molecule has 0 aliphatic carbocycles. The third-order valence-electron chi connectivity index (χ3n) is 4.57. The van der Waals surface area contributed by atoms with Crippen LogP contribution in [-0.2, 0) is 14.9 Å². The highest BCUT2D eigenvalue weighted by molar-refractivity contribution is 7.85. The fourth-order valence-corrected chi connectivity index (χ4v) is 3.80. The molecule has 0 aliphatic rings. The van der Waals surface area contributed by atoms with Crippen molar-refractivity contribution in [2.75, 3.05) is 5.75 Å². The van der Waals surface area contributed by atoms with E-state index in [4.69, 9.17) is 9.29 Å². The highest BCUT2D eigenvalue weighted by Gasteiger charge is 2.16. The van der Waals surface area contributed by atoms with Crippen molar-refractivity contribution in [3.63, 3.8) is 0 Å². The van der Waals surface area contributed by atoms with Crippen LogP contribution in [0.25, 0.3) is 32.3 Å². The Morgan fingerprint density at radius 2 is 1.52 bits per heavy atom. The van der Waals surface area contributed by atoms with Gasteiger partial charge in [-0.2, -0.15) is 8.42 Å². The molecule has 0 saturated carbocycles. The van der Waals surface area contributed by atoms with Gasteiger partial charge in [0.2, 0.25) is 0 Å². The first-order chi connectivity index (χ1) is 12.9. The molecular weight excluding hydrogens is 368 g/mol. The predicted octanol–water partition coefficient (Wildman–Crippen LogP) is 3.58. The Kier molecular flexibility index (Phi) is 4.05. The minimum absolute atomic E-state index is 0.300. The lowest BCUT2D eigenvalue weighted by atomic mass is 9.92. The molecular formula is C20H14O6S. The van der Waals surface area contributed by atoms with Crippen LogP contribution < -0.4 is 4.74 Å². The number of carbonyl (C=O) groups is 2. The van der Waals surface area contributed by atoms with Gasteiger partial charge in [-0.05, 0) is 33.7 Å². The van der Waals surface area contributed by atoms with E-state index in [0.29, 0.717) is 16.7 Å². The molecule has 0 aromatic heterocycles. The zero-order valence-corrected chi connectivity index (χ0v) is 14.8. The second-order valence-electron chi connectivity index (χ2n) is 6.27. The van der Waals surface area contributed by atoms with Crippen LogP contribution in [0.2, 0.25) is 0 Å². The molecule has 0 unspecified atom stereocenters. The van der Waals surface area contributed by atoms with Gasteiger partial charge >= 0.3 is 5.97 Å². The van der Waals surface area contributed by atoms with Crippen LogP contribution in [0.5, 0.6) is 5.75 Å². The lowest BCUT2D eigenvalue weighted by molar-refractivity contribution is -0.133. The number of carbonyl (C=O) groups excluding carboxylic acids is 2. The molecule has 0 bridgehead atoms. The van der Waals surface area contributed by atoms with Crippen LogP contribution in [0.3, 0.4) is 0 Å². The summed E-state index contributed by atoms with van der Waals surface area (Å²) in [5, 5.41) is 5.18. The molecule has 6 nitrogen and oxygen atoms in total. The van der Waals surface area contributed by atoms with Crippen LogP contribution in [0.15, 0.2) is 48.5 Å². The van der Waals surface area contributed by atoms with E-state index in [1.54, 1.807) is 18.2 Å². The number of hydrogen-bond donors (Lipinski definition) is 1. The van der Waals surface area contributed by atoms with E-state index in [1.165, 1.54) is 0 Å². The SMILES string of the molecule is O=Cc1ccc2ccc3c(OC(=O)CCS(=O)(=O)O)ccc4ccc1c2c43. The maximum atomic E-state index is 12.0. The number of esters is 1. The van der Waals surface area contributed by atoms with E-state index in [2.05, 4.69) is 0 Å². The minimum atomic E-state index is -4.24. The van der Waals surface area contributed by atoms with Gasteiger partial charge in [0, 0.05) is 16.3 Å². The van der Waals surface area contributed by atoms with Crippen molar-refractivity contribution in [1.29, 1.82) is 0 Å². The summed E-state index contributed by atoms with van der Waals surface area (Å²) >= 11 is 0. The second kappa shape index (κ2) is 6.29. The van der Waals surface area contributed by atoms with Crippen LogP contribution in [0.4, 0.5) is 0 Å². The average molecular weight is 382 g/mol. The van der Waals surface area contributed by atoms with Gasteiger partial charge in [-0.3, -0.25) is 14.1 Å². The first-order valence-electron chi connectivity index (χ1n) is 8.19. The van der Waals surface area contributed by atoms with Crippen LogP contribution in [0.1, 0.15) is 16.8 Å². The van der Waals surface area contributed by atoms with Gasteiger partial charge in [-0.25, -0.2) is 0 Å². The summed E-state index contributed by atoms with van der Waals surface area (Å²) in [5.74, 6) is -1.15.